The maximum atomic E-state index is 13.4. The summed E-state index contributed by atoms with van der Waals surface area (Å²) < 4.78 is 23.0. The first-order valence-electron chi connectivity index (χ1n) is 24.5. The van der Waals surface area contributed by atoms with Crippen LogP contribution in [-0.2, 0) is 54.9 Å². The first-order chi connectivity index (χ1) is 37.2. The molecule has 3 amide bonds. The molecule has 79 heavy (non-hydrogen) atoms. The maximum absolute atomic E-state index is 13.4. The number of amidine groups is 1. The van der Waals surface area contributed by atoms with Crippen LogP contribution < -0.4 is 52.9 Å². The second-order valence-corrected chi connectivity index (χ2v) is 19.1. The number of carbonyl (C=O) groups excluding carboxylic acids is 5. The summed E-state index contributed by atoms with van der Waals surface area (Å²) in [6.45, 7) is 14.2. The van der Waals surface area contributed by atoms with Crippen LogP contribution in [0.1, 0.15) is 79.0 Å². The Morgan fingerprint density at radius 2 is 1.23 bits per heavy atom. The van der Waals surface area contributed by atoms with Gasteiger partial charge in [0.15, 0.2) is 11.6 Å². The van der Waals surface area contributed by atoms with Crippen molar-refractivity contribution in [1.82, 2.24) is 29.7 Å². The molecule has 6 rings (SSSR count). The highest BCUT2D eigenvalue weighted by atomic mass is 16.6. The molecule has 0 saturated heterocycles. The first kappa shape index (κ1) is 60.0. The molecule has 0 aliphatic rings. The molecule has 0 aliphatic heterocycles. The van der Waals surface area contributed by atoms with Crippen molar-refractivity contribution in [3.63, 3.8) is 0 Å². The summed E-state index contributed by atoms with van der Waals surface area (Å²) in [6.07, 6.45) is 1.29. The van der Waals surface area contributed by atoms with E-state index in [9.17, 15) is 43.5 Å². The number of nitrogens with two attached hydrogens (primary N) is 1. The third-order valence-electron chi connectivity index (χ3n) is 10.3. The highest BCUT2D eigenvalue weighted by Gasteiger charge is 2.21. The van der Waals surface area contributed by atoms with Gasteiger partial charge in [-0.2, -0.15) is 0 Å². The molecular weight excluding hydrogens is 1020 g/mol. The summed E-state index contributed by atoms with van der Waals surface area (Å²) in [6, 6.07) is 24.6. The van der Waals surface area contributed by atoms with Gasteiger partial charge in [0.05, 0.1) is 23.8 Å². The highest BCUT2D eigenvalue weighted by molar-refractivity contribution is 6.04. The zero-order valence-corrected chi connectivity index (χ0v) is 45.0. The Labute approximate surface area is 454 Å². The number of carboxylic acid groups (broad SMARTS) is 1. The van der Waals surface area contributed by atoms with E-state index in [0.29, 0.717) is 22.4 Å². The van der Waals surface area contributed by atoms with Gasteiger partial charge in [0.2, 0.25) is 5.91 Å². The van der Waals surface area contributed by atoms with Gasteiger partial charge in [-0.15, -0.1) is 0 Å². The standard InChI is InChI=1S/C33H35N7O6.C22H28N4O7/c1-20(2)38-31-32(43)40(28(17-37-31)25-13-26(34)15-27(14-25)46-21(3)41)18-29(42)36-16-22-9-11-24(12-10-22)30(35)39-33(44)45-19-23-7-5-4-6-8-23;1-12(2)24-19-20(30)26(11-18(28)29)17(10-23-19)14-7-15(9-16(8-14)32-13(3)27)25-21(31)33-22(4,5)6/h4-15,17,20H,16,18-19,34H2,1-3H3,(H,36,42)(H,37,38)(H2,35,39,44);7-10,12H,11H2,1-6H3,(H,23,24)(H,25,31)(H,28,29). The fourth-order valence-electron chi connectivity index (χ4n) is 7.21. The zero-order chi connectivity index (χ0) is 58.1. The molecule has 0 unspecified atom stereocenters. The highest BCUT2D eigenvalue weighted by Crippen LogP contribution is 2.30. The number of aliphatic carboxylic acids is 1. The minimum atomic E-state index is -1.23. The molecule has 0 fully saturated rings. The lowest BCUT2D eigenvalue weighted by Gasteiger charge is -2.20. The normalized spacial score (nSPS) is 10.8. The molecule has 4 aromatic carbocycles. The minimum absolute atomic E-state index is 0.00163. The number of anilines is 4. The van der Waals surface area contributed by atoms with Crippen LogP contribution in [0.2, 0.25) is 0 Å². The fraction of sp³-hybridized carbons (Fsp3) is 0.291. The number of nitrogens with zero attached hydrogens (tertiary/aromatic N) is 4. The lowest BCUT2D eigenvalue weighted by Crippen LogP contribution is -2.35. The molecule has 0 bridgehead atoms. The van der Waals surface area contributed by atoms with Crippen LogP contribution in [0.15, 0.2) is 113 Å². The van der Waals surface area contributed by atoms with E-state index in [1.807, 2.05) is 58.0 Å². The van der Waals surface area contributed by atoms with Crippen molar-refractivity contribution in [2.75, 3.05) is 21.7 Å². The maximum Gasteiger partial charge on any atom is 0.413 e. The van der Waals surface area contributed by atoms with Crippen molar-refractivity contribution in [3.05, 3.63) is 141 Å². The number of carboxylic acids is 1. The molecule has 6 aromatic rings. The third kappa shape index (κ3) is 19.0. The molecule has 2 heterocycles. The summed E-state index contributed by atoms with van der Waals surface area (Å²) in [4.78, 5) is 107. The van der Waals surface area contributed by atoms with Gasteiger partial charge in [0.1, 0.15) is 42.6 Å². The van der Waals surface area contributed by atoms with Crippen LogP contribution in [0.25, 0.3) is 22.5 Å². The molecule has 0 atom stereocenters. The van der Waals surface area contributed by atoms with E-state index < -0.39 is 59.3 Å². The number of aromatic nitrogens is 4. The van der Waals surface area contributed by atoms with Gasteiger partial charge in [0.25, 0.3) is 11.1 Å². The Balaban J connectivity index is 0.000000308. The molecule has 2 aromatic heterocycles. The Morgan fingerprint density at radius 1 is 0.696 bits per heavy atom. The number of amides is 3. The van der Waals surface area contributed by atoms with Gasteiger partial charge in [-0.05, 0) is 83.9 Å². The zero-order valence-electron chi connectivity index (χ0n) is 45.0. The van der Waals surface area contributed by atoms with Crippen molar-refractivity contribution in [2.24, 2.45) is 0 Å². The van der Waals surface area contributed by atoms with Gasteiger partial charge in [-0.1, -0.05) is 54.6 Å². The topological polar surface area (TPSA) is 339 Å². The summed E-state index contributed by atoms with van der Waals surface area (Å²) in [7, 11) is 0. The molecule has 24 heteroatoms. The van der Waals surface area contributed by atoms with Crippen molar-refractivity contribution >= 4 is 64.8 Å². The summed E-state index contributed by atoms with van der Waals surface area (Å²) in [5.74, 6) is -2.63. The van der Waals surface area contributed by atoms with E-state index in [-0.39, 0.29) is 77.8 Å². The summed E-state index contributed by atoms with van der Waals surface area (Å²) in [5.41, 5.74) is 7.79. The minimum Gasteiger partial charge on any atom is -0.480 e. The van der Waals surface area contributed by atoms with Crippen LogP contribution in [-0.4, -0.2) is 83.7 Å². The molecule has 0 spiro atoms. The Bertz CT molecular complexity index is 3330. The van der Waals surface area contributed by atoms with E-state index in [1.165, 1.54) is 61.1 Å². The van der Waals surface area contributed by atoms with Crippen LogP contribution in [0.4, 0.5) is 32.6 Å². The number of carbonyl (C=O) groups is 6. The Kier molecular flexibility index (Phi) is 20.7. The predicted octanol–water partition coefficient (Wildman–Crippen LogP) is 6.89. The van der Waals surface area contributed by atoms with E-state index in [0.717, 1.165) is 15.7 Å². The molecule has 416 valence electrons. The number of nitrogen functional groups attached to an aromatic ring is 1. The monoisotopic (exact) mass is 1090 g/mol. The van der Waals surface area contributed by atoms with E-state index in [2.05, 4.69) is 36.6 Å². The number of hydrogen-bond acceptors (Lipinski definition) is 18. The van der Waals surface area contributed by atoms with E-state index in [4.69, 9.17) is 30.1 Å². The molecule has 0 radical (unpaired) electrons. The molecule has 0 aliphatic carbocycles. The van der Waals surface area contributed by atoms with Gasteiger partial charge in [-0.25, -0.2) is 19.6 Å². The van der Waals surface area contributed by atoms with Crippen molar-refractivity contribution in [1.29, 1.82) is 5.41 Å². The lowest BCUT2D eigenvalue weighted by atomic mass is 10.1. The second kappa shape index (κ2) is 27.3. The van der Waals surface area contributed by atoms with Gasteiger partial charge >= 0.3 is 30.1 Å². The van der Waals surface area contributed by atoms with Gasteiger partial charge in [-0.3, -0.25) is 53.9 Å². The number of esters is 2. The van der Waals surface area contributed by atoms with E-state index in [1.54, 1.807) is 51.1 Å². The fourth-order valence-corrected chi connectivity index (χ4v) is 7.21. The predicted molar refractivity (Wildman–Crippen MR) is 295 cm³/mol. The van der Waals surface area contributed by atoms with Crippen molar-refractivity contribution < 1.29 is 52.8 Å². The first-order valence-corrected chi connectivity index (χ1v) is 24.5. The van der Waals surface area contributed by atoms with Gasteiger partial charge in [0, 0.05) is 72.7 Å². The molecule has 0 saturated carbocycles. The number of alkyl carbamates (subject to hydrolysis) is 1. The number of nitrogens with one attached hydrogen (secondary N) is 6. The largest absolute Gasteiger partial charge is 0.480 e. The number of hydrogen-bond donors (Lipinski definition) is 8. The third-order valence-corrected chi connectivity index (χ3v) is 10.3. The Hall–Kier alpha value is -9.87. The molecular formula is C55H63N11O13. The van der Waals surface area contributed by atoms with Crippen molar-refractivity contribution in [2.45, 2.75) is 106 Å². The number of rotatable bonds is 18. The summed E-state index contributed by atoms with van der Waals surface area (Å²) in [5, 5.41) is 31.1. The van der Waals surface area contributed by atoms with E-state index >= 15 is 0 Å². The molecule has 24 nitrogen and oxygen atoms in total. The SMILES string of the molecule is CC(=O)Oc1cc(N)cc(-c2cnc(NC(C)C)c(=O)n2CC(=O)NCc2ccc(C(=N)NC(=O)OCc3ccccc3)cc2)c1.CC(=O)Oc1cc(NC(=O)OC(C)(C)C)cc(-c2cnc(NC(C)C)c(=O)n2CC(=O)O)c1. The van der Waals surface area contributed by atoms with Crippen LogP contribution in [0.5, 0.6) is 11.5 Å². The average molecular weight is 1090 g/mol. The smallest absolute Gasteiger partial charge is 0.413 e. The number of benzene rings is 4. The number of ether oxygens (including phenoxy) is 4. The van der Waals surface area contributed by atoms with Crippen LogP contribution in [0, 0.1) is 5.41 Å². The van der Waals surface area contributed by atoms with Crippen LogP contribution >= 0.6 is 0 Å². The van der Waals surface area contributed by atoms with Crippen LogP contribution in [0.3, 0.4) is 0 Å². The summed E-state index contributed by atoms with van der Waals surface area (Å²) >= 11 is 0. The van der Waals surface area contributed by atoms with Gasteiger partial charge < -0.3 is 45.7 Å². The molecule has 9 N–H and O–H groups in total. The second-order valence-electron chi connectivity index (χ2n) is 19.1. The lowest BCUT2D eigenvalue weighted by molar-refractivity contribution is -0.138. The Morgan fingerprint density at radius 3 is 1.75 bits per heavy atom. The quantitative estimate of drug-likeness (QED) is 0.0143. The van der Waals surface area contributed by atoms with Crippen molar-refractivity contribution in [3.8, 4) is 34.0 Å². The average Bonchev–Trinajstić information content (AvgIpc) is 3.37.